The maximum Gasteiger partial charge on any atom is 0.417 e. The fourth-order valence-corrected chi connectivity index (χ4v) is 3.31. The SMILES string of the molecule is NN(Cc1cccc(C(F)(F)F)c1)C(=O)C1CC=CN1c1ncc(C(F)(F)F)cc1Cl. The van der Waals surface area contributed by atoms with Crippen LogP contribution in [0.1, 0.15) is 23.1 Å². The number of hydrogen-bond acceptors (Lipinski definition) is 4. The number of hydrogen-bond donors (Lipinski definition) is 1. The Balaban J connectivity index is 1.77. The first kappa shape index (κ1) is 22.9. The molecule has 31 heavy (non-hydrogen) atoms. The van der Waals surface area contributed by atoms with Gasteiger partial charge in [0.1, 0.15) is 6.04 Å². The highest BCUT2D eigenvalue weighted by molar-refractivity contribution is 6.33. The van der Waals surface area contributed by atoms with E-state index in [-0.39, 0.29) is 29.4 Å². The van der Waals surface area contributed by atoms with Gasteiger partial charge < -0.3 is 4.90 Å². The van der Waals surface area contributed by atoms with Crippen molar-refractivity contribution in [3.8, 4) is 0 Å². The molecule has 0 radical (unpaired) electrons. The normalized spacial score (nSPS) is 16.6. The quantitative estimate of drug-likeness (QED) is 0.306. The molecule has 0 fully saturated rings. The summed E-state index contributed by atoms with van der Waals surface area (Å²) in [6.45, 7) is -0.304. The van der Waals surface area contributed by atoms with Gasteiger partial charge in [0.2, 0.25) is 0 Å². The van der Waals surface area contributed by atoms with Gasteiger partial charge in [0.15, 0.2) is 5.82 Å². The van der Waals surface area contributed by atoms with Gasteiger partial charge in [-0.25, -0.2) is 10.8 Å². The number of hydrazine groups is 1. The van der Waals surface area contributed by atoms with E-state index in [4.69, 9.17) is 17.4 Å². The third-order valence-electron chi connectivity index (χ3n) is 4.53. The Hall–Kier alpha value is -2.79. The van der Waals surface area contributed by atoms with Crippen LogP contribution in [0.5, 0.6) is 0 Å². The highest BCUT2D eigenvalue weighted by atomic mass is 35.5. The van der Waals surface area contributed by atoms with Crippen LogP contribution in [0.15, 0.2) is 48.8 Å². The minimum atomic E-state index is -4.63. The first-order chi connectivity index (χ1) is 14.4. The average Bonchev–Trinajstić information content (AvgIpc) is 3.15. The fraction of sp³-hybridized carbons (Fsp3) is 0.263. The Labute approximate surface area is 177 Å². The number of carbonyl (C=O) groups is 1. The van der Waals surface area contributed by atoms with Gasteiger partial charge in [-0.3, -0.25) is 9.80 Å². The van der Waals surface area contributed by atoms with Crippen LogP contribution in [-0.4, -0.2) is 21.9 Å². The van der Waals surface area contributed by atoms with Crippen molar-refractivity contribution in [2.75, 3.05) is 4.90 Å². The van der Waals surface area contributed by atoms with E-state index < -0.39 is 35.4 Å². The van der Waals surface area contributed by atoms with Crippen LogP contribution in [0.4, 0.5) is 32.2 Å². The summed E-state index contributed by atoms with van der Waals surface area (Å²) < 4.78 is 77.1. The highest BCUT2D eigenvalue weighted by Gasteiger charge is 2.35. The van der Waals surface area contributed by atoms with E-state index in [1.165, 1.54) is 23.2 Å². The van der Waals surface area contributed by atoms with Crippen molar-refractivity contribution in [1.29, 1.82) is 0 Å². The number of carbonyl (C=O) groups excluding carboxylic acids is 1. The lowest BCUT2D eigenvalue weighted by Gasteiger charge is -2.28. The predicted molar refractivity (Wildman–Crippen MR) is 100 cm³/mol. The number of alkyl halides is 6. The van der Waals surface area contributed by atoms with Crippen molar-refractivity contribution >= 4 is 23.3 Å². The molecule has 12 heteroatoms. The zero-order valence-electron chi connectivity index (χ0n) is 15.6. The van der Waals surface area contributed by atoms with Gasteiger partial charge in [-0.1, -0.05) is 29.8 Å². The molecule has 0 saturated carbocycles. The molecule has 0 spiro atoms. The second-order valence-corrected chi connectivity index (χ2v) is 7.14. The molecule has 1 aliphatic rings. The second kappa shape index (κ2) is 8.39. The lowest BCUT2D eigenvalue weighted by Crippen LogP contribution is -2.48. The lowest BCUT2D eigenvalue weighted by atomic mass is 10.1. The van der Waals surface area contributed by atoms with Gasteiger partial charge in [0, 0.05) is 12.4 Å². The molecule has 166 valence electrons. The largest absolute Gasteiger partial charge is 0.417 e. The van der Waals surface area contributed by atoms with Crippen molar-refractivity contribution in [1.82, 2.24) is 9.99 Å². The van der Waals surface area contributed by atoms with E-state index in [0.717, 1.165) is 17.1 Å². The topological polar surface area (TPSA) is 62.5 Å². The predicted octanol–water partition coefficient (Wildman–Crippen LogP) is 4.77. The number of benzene rings is 1. The Bertz CT molecular complexity index is 1010. The summed E-state index contributed by atoms with van der Waals surface area (Å²) in [5.41, 5.74) is -1.76. The molecule has 2 heterocycles. The first-order valence-corrected chi connectivity index (χ1v) is 9.15. The summed E-state index contributed by atoms with van der Waals surface area (Å²) in [6.07, 6.45) is -5.41. The van der Waals surface area contributed by atoms with Gasteiger partial charge in [0.25, 0.3) is 5.91 Å². The van der Waals surface area contributed by atoms with Crippen LogP contribution in [0, 0.1) is 0 Å². The summed E-state index contributed by atoms with van der Waals surface area (Å²) in [4.78, 5) is 17.8. The number of pyridine rings is 1. The standard InChI is InChI=1S/C19H15ClF6N4O/c20-14-8-13(19(24,25)26)9-28-16(14)29-6-2-5-15(29)17(31)30(27)10-11-3-1-4-12(7-11)18(21,22)23/h1-4,6-9,15H,5,10,27H2. The minimum Gasteiger partial charge on any atom is -0.319 e. The molecule has 0 aliphatic carbocycles. The molecule has 2 N–H and O–H groups in total. The van der Waals surface area contributed by atoms with Crippen LogP contribution in [-0.2, 0) is 23.7 Å². The van der Waals surface area contributed by atoms with Crippen LogP contribution in [0.25, 0.3) is 0 Å². The Kier molecular flexibility index (Phi) is 6.19. The van der Waals surface area contributed by atoms with Crippen molar-refractivity contribution < 1.29 is 31.1 Å². The Morgan fingerprint density at radius 1 is 1.16 bits per heavy atom. The third-order valence-corrected chi connectivity index (χ3v) is 4.81. The second-order valence-electron chi connectivity index (χ2n) is 6.74. The molecular formula is C19H15ClF6N4O. The van der Waals surface area contributed by atoms with Gasteiger partial charge in [0.05, 0.1) is 22.7 Å². The summed E-state index contributed by atoms with van der Waals surface area (Å²) >= 11 is 5.95. The van der Waals surface area contributed by atoms with Crippen molar-refractivity contribution in [2.45, 2.75) is 31.4 Å². The number of halogens is 7. The van der Waals surface area contributed by atoms with E-state index in [9.17, 15) is 31.1 Å². The summed E-state index contributed by atoms with van der Waals surface area (Å²) in [6, 6.07) is 4.10. The molecule has 1 aliphatic heterocycles. The van der Waals surface area contributed by atoms with Gasteiger partial charge in [-0.15, -0.1) is 0 Å². The molecule has 1 aromatic carbocycles. The third kappa shape index (κ3) is 5.10. The van der Waals surface area contributed by atoms with E-state index in [2.05, 4.69) is 4.98 Å². The maximum atomic E-state index is 12.9. The summed E-state index contributed by atoms with van der Waals surface area (Å²) in [5, 5.41) is 0.429. The molecule has 1 unspecified atom stereocenters. The van der Waals surface area contributed by atoms with Crippen LogP contribution >= 0.6 is 11.6 Å². The Morgan fingerprint density at radius 3 is 2.45 bits per heavy atom. The van der Waals surface area contributed by atoms with Gasteiger partial charge in [-0.05, 0) is 30.2 Å². The monoisotopic (exact) mass is 464 g/mol. The summed E-state index contributed by atoms with van der Waals surface area (Å²) in [5.74, 6) is 5.05. The molecule has 1 aromatic heterocycles. The van der Waals surface area contributed by atoms with Gasteiger partial charge in [-0.2, -0.15) is 26.3 Å². The molecule has 0 bridgehead atoms. The molecular weight excluding hydrogens is 450 g/mol. The maximum absolute atomic E-state index is 12.9. The zero-order valence-corrected chi connectivity index (χ0v) is 16.3. The average molecular weight is 465 g/mol. The number of nitrogens with two attached hydrogens (primary N) is 1. The number of amides is 1. The van der Waals surface area contributed by atoms with E-state index >= 15 is 0 Å². The molecule has 5 nitrogen and oxygen atoms in total. The van der Waals surface area contributed by atoms with E-state index in [1.807, 2.05) is 0 Å². The van der Waals surface area contributed by atoms with E-state index in [0.29, 0.717) is 12.3 Å². The van der Waals surface area contributed by atoms with Crippen molar-refractivity contribution in [3.63, 3.8) is 0 Å². The number of rotatable bonds is 4. The Morgan fingerprint density at radius 2 is 1.84 bits per heavy atom. The van der Waals surface area contributed by atoms with Crippen LogP contribution < -0.4 is 10.7 Å². The number of nitrogens with zero attached hydrogens (tertiary/aromatic N) is 3. The number of aromatic nitrogens is 1. The van der Waals surface area contributed by atoms with Crippen molar-refractivity contribution in [2.24, 2.45) is 5.84 Å². The molecule has 1 atom stereocenters. The van der Waals surface area contributed by atoms with Crippen LogP contribution in [0.2, 0.25) is 5.02 Å². The summed E-state index contributed by atoms with van der Waals surface area (Å²) in [7, 11) is 0. The lowest BCUT2D eigenvalue weighted by molar-refractivity contribution is -0.138. The highest BCUT2D eigenvalue weighted by Crippen LogP contribution is 2.35. The zero-order chi connectivity index (χ0) is 23.0. The first-order valence-electron chi connectivity index (χ1n) is 8.78. The minimum absolute atomic E-state index is 0.0748. The van der Waals surface area contributed by atoms with Gasteiger partial charge >= 0.3 is 12.4 Å². The van der Waals surface area contributed by atoms with E-state index in [1.54, 1.807) is 6.08 Å². The molecule has 3 rings (SSSR count). The van der Waals surface area contributed by atoms with Crippen molar-refractivity contribution in [3.05, 3.63) is 70.5 Å². The van der Waals surface area contributed by atoms with Crippen LogP contribution in [0.3, 0.4) is 0 Å². The number of anilines is 1. The molecule has 2 aromatic rings. The molecule has 0 saturated heterocycles. The fourth-order valence-electron chi connectivity index (χ4n) is 3.05. The molecule has 1 amide bonds. The smallest absolute Gasteiger partial charge is 0.319 e.